The summed E-state index contributed by atoms with van der Waals surface area (Å²) in [6.45, 7) is 0. The molecule has 0 spiro atoms. The number of anilines is 1. The third-order valence-electron chi connectivity index (χ3n) is 3.59. The van der Waals surface area contributed by atoms with E-state index in [-0.39, 0.29) is 21.2 Å². The number of nitrogens with one attached hydrogen (secondary N) is 1. The Labute approximate surface area is 147 Å². The molecule has 3 rings (SSSR count). The zero-order valence-corrected chi connectivity index (χ0v) is 13.7. The minimum Gasteiger partial charge on any atom is -0.478 e. The topological polar surface area (TPSA) is 66.4 Å². The van der Waals surface area contributed by atoms with Gasteiger partial charge in [-0.25, -0.2) is 4.79 Å². The first-order valence-corrected chi connectivity index (χ1v) is 7.75. The van der Waals surface area contributed by atoms with Crippen LogP contribution in [-0.4, -0.2) is 17.0 Å². The summed E-state index contributed by atoms with van der Waals surface area (Å²) in [4.78, 5) is 24.0. The molecular formula is C18H11Cl2NO3. The van der Waals surface area contributed by atoms with Gasteiger partial charge >= 0.3 is 5.97 Å². The van der Waals surface area contributed by atoms with Gasteiger partial charge in [-0.15, -0.1) is 0 Å². The van der Waals surface area contributed by atoms with E-state index < -0.39 is 11.9 Å². The lowest BCUT2D eigenvalue weighted by Crippen LogP contribution is -2.17. The van der Waals surface area contributed by atoms with Gasteiger partial charge in [-0.1, -0.05) is 59.6 Å². The monoisotopic (exact) mass is 359 g/mol. The van der Waals surface area contributed by atoms with Gasteiger partial charge in [-0.3, -0.25) is 4.79 Å². The summed E-state index contributed by atoms with van der Waals surface area (Å²) in [5.74, 6) is -1.88. The van der Waals surface area contributed by atoms with Crippen LogP contribution in [0.5, 0.6) is 0 Å². The van der Waals surface area contributed by atoms with Crippen LogP contribution < -0.4 is 5.32 Å². The molecule has 0 aliphatic heterocycles. The molecule has 120 valence electrons. The molecule has 0 aliphatic carbocycles. The number of hydrogen-bond donors (Lipinski definition) is 2. The van der Waals surface area contributed by atoms with Gasteiger partial charge in [0.1, 0.15) is 0 Å². The highest BCUT2D eigenvalue weighted by Crippen LogP contribution is 2.30. The van der Waals surface area contributed by atoms with Crippen LogP contribution in [0.25, 0.3) is 10.8 Å². The number of carbonyl (C=O) groups excluding carboxylic acids is 1. The summed E-state index contributed by atoms with van der Waals surface area (Å²) in [7, 11) is 0. The molecule has 0 bridgehead atoms. The van der Waals surface area contributed by atoms with Crippen molar-refractivity contribution in [3.8, 4) is 0 Å². The standard InChI is InChI=1S/C18H11Cl2NO3/c19-13-9-8-12(18(23)24)15(16(13)20)17(22)21-14-7-3-5-10-4-1-2-6-11(10)14/h1-9H,(H,21,22)(H,23,24). The SMILES string of the molecule is O=C(O)c1ccc(Cl)c(Cl)c1C(=O)Nc1cccc2ccccc12. The Bertz CT molecular complexity index is 964. The van der Waals surface area contributed by atoms with Gasteiger partial charge < -0.3 is 10.4 Å². The molecule has 0 heterocycles. The number of halogens is 2. The molecule has 4 nitrogen and oxygen atoms in total. The molecule has 6 heteroatoms. The number of benzene rings is 3. The summed E-state index contributed by atoms with van der Waals surface area (Å²) >= 11 is 12.0. The Morgan fingerprint density at radius 1 is 0.917 bits per heavy atom. The van der Waals surface area contributed by atoms with Crippen molar-refractivity contribution in [1.82, 2.24) is 0 Å². The van der Waals surface area contributed by atoms with E-state index in [2.05, 4.69) is 5.32 Å². The van der Waals surface area contributed by atoms with Crippen LogP contribution >= 0.6 is 23.2 Å². The highest BCUT2D eigenvalue weighted by atomic mass is 35.5. The van der Waals surface area contributed by atoms with Crippen LogP contribution in [0.2, 0.25) is 10.0 Å². The average Bonchev–Trinajstić information content (AvgIpc) is 2.57. The summed E-state index contributed by atoms with van der Waals surface area (Å²) < 4.78 is 0. The van der Waals surface area contributed by atoms with Gasteiger partial charge in [0.2, 0.25) is 0 Å². The van der Waals surface area contributed by atoms with E-state index >= 15 is 0 Å². The number of carbonyl (C=O) groups is 2. The van der Waals surface area contributed by atoms with E-state index in [1.807, 2.05) is 30.3 Å². The number of rotatable bonds is 3. The first kappa shape index (κ1) is 16.3. The number of carboxylic acid groups (broad SMARTS) is 1. The largest absolute Gasteiger partial charge is 0.478 e. The minimum atomic E-state index is -1.25. The molecule has 2 N–H and O–H groups in total. The molecule has 0 saturated carbocycles. The molecule has 3 aromatic carbocycles. The highest BCUT2D eigenvalue weighted by Gasteiger charge is 2.22. The van der Waals surface area contributed by atoms with Crippen molar-refractivity contribution in [3.05, 3.63) is 75.8 Å². The van der Waals surface area contributed by atoms with Crippen molar-refractivity contribution in [3.63, 3.8) is 0 Å². The van der Waals surface area contributed by atoms with E-state index in [1.165, 1.54) is 12.1 Å². The molecule has 0 fully saturated rings. The van der Waals surface area contributed by atoms with Gasteiger partial charge in [0, 0.05) is 11.1 Å². The van der Waals surface area contributed by atoms with Crippen LogP contribution in [0.4, 0.5) is 5.69 Å². The lowest BCUT2D eigenvalue weighted by atomic mass is 10.1. The number of hydrogen-bond acceptors (Lipinski definition) is 2. The molecule has 0 aromatic heterocycles. The second-order valence-corrected chi connectivity index (χ2v) is 5.86. The second kappa shape index (κ2) is 6.51. The van der Waals surface area contributed by atoms with E-state index in [4.69, 9.17) is 23.2 Å². The molecule has 1 amide bonds. The first-order valence-electron chi connectivity index (χ1n) is 6.99. The van der Waals surface area contributed by atoms with Gasteiger partial charge in [-0.2, -0.15) is 0 Å². The zero-order valence-electron chi connectivity index (χ0n) is 12.2. The average molecular weight is 360 g/mol. The minimum absolute atomic E-state index is 0.0886. The first-order chi connectivity index (χ1) is 11.5. The fraction of sp³-hybridized carbons (Fsp3) is 0. The number of fused-ring (bicyclic) bond motifs is 1. The third-order valence-corrected chi connectivity index (χ3v) is 4.39. The Hall–Kier alpha value is -2.56. The van der Waals surface area contributed by atoms with E-state index in [9.17, 15) is 14.7 Å². The lowest BCUT2D eigenvalue weighted by Gasteiger charge is -2.12. The van der Waals surface area contributed by atoms with Gasteiger partial charge in [0.25, 0.3) is 5.91 Å². The zero-order chi connectivity index (χ0) is 17.3. The van der Waals surface area contributed by atoms with Crippen molar-refractivity contribution in [2.45, 2.75) is 0 Å². The van der Waals surface area contributed by atoms with Crippen LogP contribution in [0.15, 0.2) is 54.6 Å². The molecule has 0 saturated heterocycles. The van der Waals surface area contributed by atoms with Crippen molar-refractivity contribution in [1.29, 1.82) is 0 Å². The highest BCUT2D eigenvalue weighted by molar-refractivity contribution is 6.44. The molecule has 0 radical (unpaired) electrons. The summed E-state index contributed by atoms with van der Waals surface area (Å²) in [6, 6.07) is 15.6. The van der Waals surface area contributed by atoms with Crippen molar-refractivity contribution in [2.24, 2.45) is 0 Å². The van der Waals surface area contributed by atoms with Crippen LogP contribution in [0.1, 0.15) is 20.7 Å². The maximum absolute atomic E-state index is 12.6. The third kappa shape index (κ3) is 2.94. The molecule has 3 aromatic rings. The maximum Gasteiger partial charge on any atom is 0.336 e. The smallest absolute Gasteiger partial charge is 0.336 e. The van der Waals surface area contributed by atoms with Gasteiger partial charge in [0.05, 0.1) is 21.2 Å². The van der Waals surface area contributed by atoms with E-state index in [1.54, 1.807) is 12.1 Å². The molecule has 0 aliphatic rings. The lowest BCUT2D eigenvalue weighted by molar-refractivity contribution is 0.0692. The molecule has 0 atom stereocenters. The summed E-state index contributed by atoms with van der Waals surface area (Å²) in [5, 5.41) is 13.8. The normalized spacial score (nSPS) is 10.6. The second-order valence-electron chi connectivity index (χ2n) is 5.07. The predicted octanol–water partition coefficient (Wildman–Crippen LogP) is 5.10. The van der Waals surface area contributed by atoms with Crippen LogP contribution in [0.3, 0.4) is 0 Å². The van der Waals surface area contributed by atoms with Gasteiger partial charge in [-0.05, 0) is 23.6 Å². The Balaban J connectivity index is 2.07. The van der Waals surface area contributed by atoms with Crippen LogP contribution in [-0.2, 0) is 0 Å². The van der Waals surface area contributed by atoms with Crippen molar-refractivity contribution in [2.75, 3.05) is 5.32 Å². The fourth-order valence-corrected chi connectivity index (χ4v) is 2.88. The Morgan fingerprint density at radius 2 is 1.62 bits per heavy atom. The van der Waals surface area contributed by atoms with E-state index in [0.717, 1.165) is 10.8 Å². The van der Waals surface area contributed by atoms with Crippen molar-refractivity contribution < 1.29 is 14.7 Å². The van der Waals surface area contributed by atoms with Crippen molar-refractivity contribution >= 4 is 51.5 Å². The predicted molar refractivity (Wildman–Crippen MR) is 95.3 cm³/mol. The summed E-state index contributed by atoms with van der Waals surface area (Å²) in [6.07, 6.45) is 0. The molecule has 0 unspecified atom stereocenters. The van der Waals surface area contributed by atoms with Gasteiger partial charge in [0.15, 0.2) is 0 Å². The quantitative estimate of drug-likeness (QED) is 0.683. The maximum atomic E-state index is 12.6. The van der Waals surface area contributed by atoms with Crippen LogP contribution in [0, 0.1) is 0 Å². The Kier molecular flexibility index (Phi) is 4.42. The summed E-state index contributed by atoms with van der Waals surface area (Å²) in [5.41, 5.74) is 0.192. The van der Waals surface area contributed by atoms with E-state index in [0.29, 0.717) is 5.69 Å². The number of carboxylic acids is 1. The molecular weight excluding hydrogens is 349 g/mol. The molecule has 24 heavy (non-hydrogen) atoms. The number of amides is 1. The fourth-order valence-electron chi connectivity index (χ4n) is 2.47. The number of aromatic carboxylic acids is 1. The Morgan fingerprint density at radius 3 is 2.38 bits per heavy atom.